The van der Waals surface area contributed by atoms with Gasteiger partial charge in [-0.25, -0.2) is 4.79 Å². The lowest BCUT2D eigenvalue weighted by atomic mass is 9.81. The summed E-state index contributed by atoms with van der Waals surface area (Å²) in [6, 6.07) is 11.3. The largest absolute Gasteiger partial charge is 0.452 e. The third-order valence-electron chi connectivity index (χ3n) is 5.86. The molecule has 10 nitrogen and oxygen atoms in total. The second-order valence-corrected chi connectivity index (χ2v) is 7.99. The van der Waals surface area contributed by atoms with Crippen molar-refractivity contribution in [2.45, 2.75) is 25.7 Å². The van der Waals surface area contributed by atoms with Gasteiger partial charge >= 0.3 is 5.97 Å². The molecule has 1 aliphatic carbocycles. The van der Waals surface area contributed by atoms with E-state index >= 15 is 0 Å². The molecular weight excluding hydrogens is 430 g/mol. The molecule has 3 amide bonds. The molecule has 1 heterocycles. The first-order valence-electron chi connectivity index (χ1n) is 10.5. The minimum atomic E-state index is -0.803. The summed E-state index contributed by atoms with van der Waals surface area (Å²) in [5.74, 6) is -2.58. The average molecular weight is 451 g/mol. The maximum atomic E-state index is 12.8. The molecule has 2 fully saturated rings. The van der Waals surface area contributed by atoms with Crippen molar-refractivity contribution in [1.29, 1.82) is 0 Å². The highest BCUT2D eigenvalue weighted by Crippen LogP contribution is 2.40. The molecule has 0 spiro atoms. The number of imide groups is 1. The van der Waals surface area contributed by atoms with Gasteiger partial charge in [0.25, 0.3) is 11.6 Å². The van der Waals surface area contributed by atoms with Crippen LogP contribution in [0.5, 0.6) is 0 Å². The van der Waals surface area contributed by atoms with E-state index in [4.69, 9.17) is 4.74 Å². The highest BCUT2D eigenvalue weighted by molar-refractivity contribution is 6.22. The Morgan fingerprint density at radius 3 is 2.36 bits per heavy atom. The van der Waals surface area contributed by atoms with Crippen LogP contribution in [0.4, 0.5) is 17.1 Å². The molecule has 0 unspecified atom stereocenters. The van der Waals surface area contributed by atoms with Gasteiger partial charge in [-0.3, -0.25) is 29.4 Å². The van der Waals surface area contributed by atoms with Crippen molar-refractivity contribution < 1.29 is 28.8 Å². The van der Waals surface area contributed by atoms with Gasteiger partial charge in [0.1, 0.15) is 0 Å². The van der Waals surface area contributed by atoms with Gasteiger partial charge in [0, 0.05) is 17.8 Å². The second kappa shape index (κ2) is 9.19. The molecule has 1 saturated heterocycles. The Bertz CT molecular complexity index is 1120. The van der Waals surface area contributed by atoms with Crippen molar-refractivity contribution in [2.24, 2.45) is 11.8 Å². The van der Waals surface area contributed by atoms with Crippen LogP contribution in [0, 0.1) is 22.0 Å². The van der Waals surface area contributed by atoms with Crippen molar-refractivity contribution in [3.8, 4) is 0 Å². The zero-order chi connectivity index (χ0) is 23.5. The van der Waals surface area contributed by atoms with Gasteiger partial charge < -0.3 is 10.1 Å². The number of esters is 1. The number of fused-ring (bicyclic) bond motifs is 1. The molecule has 10 heteroatoms. The Hall–Kier alpha value is -4.08. The van der Waals surface area contributed by atoms with E-state index in [1.165, 1.54) is 42.5 Å². The lowest BCUT2D eigenvalue weighted by Crippen LogP contribution is -2.31. The van der Waals surface area contributed by atoms with Crippen LogP contribution in [-0.4, -0.2) is 35.2 Å². The summed E-state index contributed by atoms with van der Waals surface area (Å²) in [5.41, 5.74) is 0.397. The fourth-order valence-electron chi connectivity index (χ4n) is 4.30. The van der Waals surface area contributed by atoms with E-state index in [2.05, 4.69) is 5.32 Å². The Kier molecular flexibility index (Phi) is 6.16. The molecule has 170 valence electrons. The summed E-state index contributed by atoms with van der Waals surface area (Å²) in [6.45, 7) is -0.614. The van der Waals surface area contributed by atoms with Gasteiger partial charge in [0.2, 0.25) is 11.8 Å². The molecule has 2 atom stereocenters. The Morgan fingerprint density at radius 1 is 1.03 bits per heavy atom. The first-order valence-corrected chi connectivity index (χ1v) is 10.5. The number of hydrogen-bond donors (Lipinski definition) is 1. The van der Waals surface area contributed by atoms with Gasteiger partial charge in [0.05, 0.1) is 28.0 Å². The predicted molar refractivity (Wildman–Crippen MR) is 116 cm³/mol. The van der Waals surface area contributed by atoms with Crippen LogP contribution >= 0.6 is 0 Å². The van der Waals surface area contributed by atoms with E-state index in [9.17, 15) is 29.3 Å². The third-order valence-corrected chi connectivity index (χ3v) is 5.86. The van der Waals surface area contributed by atoms with Gasteiger partial charge in [0.15, 0.2) is 6.61 Å². The third kappa shape index (κ3) is 4.59. The summed E-state index contributed by atoms with van der Waals surface area (Å²) in [5, 5.41) is 13.2. The summed E-state index contributed by atoms with van der Waals surface area (Å²) in [4.78, 5) is 61.5. The maximum Gasteiger partial charge on any atom is 0.338 e. The number of ether oxygens (including phenoxy) is 1. The number of amides is 3. The summed E-state index contributed by atoms with van der Waals surface area (Å²) >= 11 is 0. The van der Waals surface area contributed by atoms with Crippen LogP contribution in [0.1, 0.15) is 36.0 Å². The lowest BCUT2D eigenvalue weighted by molar-refractivity contribution is -0.384. The van der Waals surface area contributed by atoms with Gasteiger partial charge in [-0.1, -0.05) is 25.0 Å². The second-order valence-electron chi connectivity index (χ2n) is 7.99. The molecule has 1 saturated carbocycles. The predicted octanol–water partition coefficient (Wildman–Crippen LogP) is 3.07. The maximum absolute atomic E-state index is 12.8. The minimum absolute atomic E-state index is 0.0890. The number of nitrogens with zero attached hydrogens (tertiary/aromatic N) is 2. The highest BCUT2D eigenvalue weighted by Gasteiger charge is 2.48. The average Bonchev–Trinajstić information content (AvgIpc) is 3.08. The monoisotopic (exact) mass is 451 g/mol. The number of rotatable bonds is 6. The van der Waals surface area contributed by atoms with Crippen LogP contribution in [0.25, 0.3) is 0 Å². The van der Waals surface area contributed by atoms with Crippen LogP contribution < -0.4 is 10.2 Å². The Labute approximate surface area is 188 Å². The number of carbonyl (C=O) groups is 4. The number of carbonyl (C=O) groups excluding carboxylic acids is 4. The normalized spacial score (nSPS) is 19.7. The Balaban J connectivity index is 1.39. The van der Waals surface area contributed by atoms with Crippen molar-refractivity contribution in [3.05, 3.63) is 64.2 Å². The number of hydrogen-bond acceptors (Lipinski definition) is 7. The molecule has 2 aliphatic rings. The van der Waals surface area contributed by atoms with Gasteiger partial charge in [-0.15, -0.1) is 0 Å². The van der Waals surface area contributed by atoms with E-state index in [1.807, 2.05) is 0 Å². The summed E-state index contributed by atoms with van der Waals surface area (Å²) in [6.07, 6.45) is 3.21. The van der Waals surface area contributed by atoms with E-state index in [0.717, 1.165) is 17.7 Å². The number of nitrogens with one attached hydrogen (secondary N) is 1. The summed E-state index contributed by atoms with van der Waals surface area (Å²) < 4.78 is 5.03. The molecule has 0 aromatic heterocycles. The number of nitro groups is 1. The van der Waals surface area contributed by atoms with Crippen molar-refractivity contribution in [1.82, 2.24) is 0 Å². The number of non-ortho nitro benzene ring substituents is 1. The smallest absolute Gasteiger partial charge is 0.338 e. The first-order chi connectivity index (χ1) is 15.8. The zero-order valence-corrected chi connectivity index (χ0v) is 17.6. The fourth-order valence-corrected chi connectivity index (χ4v) is 4.30. The summed E-state index contributed by atoms with van der Waals surface area (Å²) in [7, 11) is 0. The van der Waals surface area contributed by atoms with Crippen molar-refractivity contribution in [3.63, 3.8) is 0 Å². The molecule has 4 rings (SSSR count). The molecule has 0 bridgehead atoms. The SMILES string of the molecule is O=C(COC(=O)c1cccc(N2C(=O)[C@H]3CCCC[C@H]3C2=O)c1)Nc1cccc([N+](=O)[O-])c1. The number of nitro benzene ring substituents is 1. The standard InChI is InChI=1S/C23H21N3O7/c27-20(24-15-6-4-8-17(12-15)26(31)32)13-33-23(30)14-5-3-7-16(11-14)25-21(28)18-9-1-2-10-19(18)22(25)29/h3-8,11-12,18-19H,1-2,9-10,13H2,(H,24,27)/t18-,19+. The van der Waals surface area contributed by atoms with Crippen LogP contribution in [-0.2, 0) is 19.1 Å². The van der Waals surface area contributed by atoms with Crippen molar-refractivity contribution >= 4 is 40.8 Å². The lowest BCUT2D eigenvalue weighted by Gasteiger charge is -2.19. The van der Waals surface area contributed by atoms with Gasteiger partial charge in [-0.2, -0.15) is 0 Å². The van der Waals surface area contributed by atoms with E-state index < -0.39 is 23.4 Å². The van der Waals surface area contributed by atoms with Crippen LogP contribution in [0.3, 0.4) is 0 Å². The number of benzene rings is 2. The molecular formula is C23H21N3O7. The molecule has 2 aromatic rings. The molecule has 2 aromatic carbocycles. The molecule has 33 heavy (non-hydrogen) atoms. The molecule has 1 aliphatic heterocycles. The first kappa shape index (κ1) is 22.1. The van der Waals surface area contributed by atoms with Crippen molar-refractivity contribution in [2.75, 3.05) is 16.8 Å². The van der Waals surface area contributed by atoms with E-state index in [1.54, 1.807) is 6.07 Å². The number of anilines is 2. The topological polar surface area (TPSA) is 136 Å². The van der Waals surface area contributed by atoms with Crippen LogP contribution in [0.2, 0.25) is 0 Å². The van der Waals surface area contributed by atoms with Gasteiger partial charge in [-0.05, 0) is 37.1 Å². The zero-order valence-electron chi connectivity index (χ0n) is 17.6. The fraction of sp³-hybridized carbons (Fsp3) is 0.304. The van der Waals surface area contributed by atoms with E-state index in [0.29, 0.717) is 18.5 Å². The Morgan fingerprint density at radius 2 is 1.70 bits per heavy atom. The molecule has 0 radical (unpaired) electrons. The van der Waals surface area contributed by atoms with E-state index in [-0.39, 0.29) is 40.6 Å². The van der Waals surface area contributed by atoms with Crippen LogP contribution in [0.15, 0.2) is 48.5 Å². The highest BCUT2D eigenvalue weighted by atomic mass is 16.6. The molecule has 1 N–H and O–H groups in total. The minimum Gasteiger partial charge on any atom is -0.452 e. The quantitative estimate of drug-likeness (QED) is 0.308.